The van der Waals surface area contributed by atoms with Crippen molar-refractivity contribution in [3.05, 3.63) is 52.6 Å². The summed E-state index contributed by atoms with van der Waals surface area (Å²) >= 11 is 0. The third kappa shape index (κ3) is 3.45. The van der Waals surface area contributed by atoms with Crippen LogP contribution < -0.4 is 4.74 Å². The zero-order valence-corrected chi connectivity index (χ0v) is 16.6. The molecular weight excluding hydrogens is 440 g/mol. The second kappa shape index (κ2) is 7.48. The molecule has 0 saturated carbocycles. The molecule has 11 nitrogen and oxygen atoms in total. The summed E-state index contributed by atoms with van der Waals surface area (Å²) in [6, 6.07) is 5.03. The Kier molecular flexibility index (Phi) is 4.89. The Bertz CT molecular complexity index is 1280. The molecule has 0 radical (unpaired) electrons. The standard InChI is InChI=1S/C22H18O11/c23-8-3-12(24)9-5-10(17-11(22(31)32)6-15(27)19(29)20(17)30)21(33-16(9)4-8)7-1-13(25)18(28)14(26)2-7/h1-4,6,10,21,23-30H,5H2,(H,31,32). The average Bonchev–Trinajstić information content (AvgIpc) is 2.74. The van der Waals surface area contributed by atoms with E-state index in [9.17, 15) is 50.8 Å². The summed E-state index contributed by atoms with van der Waals surface area (Å²) in [6.07, 6.45) is -1.45. The fraction of sp³-hybridized carbons (Fsp3) is 0.136. The van der Waals surface area contributed by atoms with Gasteiger partial charge in [-0.15, -0.1) is 0 Å². The first-order chi connectivity index (χ1) is 15.5. The van der Waals surface area contributed by atoms with Crippen molar-refractivity contribution < 1.29 is 55.5 Å². The molecule has 3 aromatic carbocycles. The van der Waals surface area contributed by atoms with E-state index in [4.69, 9.17) is 4.74 Å². The molecule has 9 N–H and O–H groups in total. The molecule has 11 heteroatoms. The summed E-state index contributed by atoms with van der Waals surface area (Å²) in [5.41, 5.74) is -0.752. The molecule has 0 aliphatic carbocycles. The number of aromatic carboxylic acids is 1. The molecule has 0 amide bonds. The molecule has 0 aromatic heterocycles. The minimum Gasteiger partial charge on any atom is -0.508 e. The fourth-order valence-corrected chi connectivity index (χ4v) is 4.03. The van der Waals surface area contributed by atoms with Crippen molar-refractivity contribution in [1.82, 2.24) is 0 Å². The highest BCUT2D eigenvalue weighted by Crippen LogP contribution is 2.54. The lowest BCUT2D eigenvalue weighted by molar-refractivity contribution is 0.0691. The number of hydrogen-bond donors (Lipinski definition) is 9. The topological polar surface area (TPSA) is 208 Å². The molecular formula is C22H18O11. The Balaban J connectivity index is 2.00. The van der Waals surface area contributed by atoms with E-state index in [1.807, 2.05) is 0 Å². The molecule has 1 aliphatic rings. The molecule has 0 bridgehead atoms. The van der Waals surface area contributed by atoms with Crippen LogP contribution in [0.5, 0.6) is 51.7 Å². The fourth-order valence-electron chi connectivity index (χ4n) is 4.03. The van der Waals surface area contributed by atoms with E-state index < -0.39 is 58.1 Å². The van der Waals surface area contributed by atoms with Crippen LogP contribution in [0.2, 0.25) is 0 Å². The highest BCUT2D eigenvalue weighted by atomic mass is 16.5. The molecule has 172 valence electrons. The summed E-state index contributed by atoms with van der Waals surface area (Å²) in [4.78, 5) is 11.9. The Hall–Kier alpha value is -4.67. The van der Waals surface area contributed by atoms with E-state index in [0.29, 0.717) is 0 Å². The van der Waals surface area contributed by atoms with Gasteiger partial charge in [0.05, 0.1) is 5.56 Å². The molecule has 0 spiro atoms. The van der Waals surface area contributed by atoms with Gasteiger partial charge in [-0.1, -0.05) is 0 Å². The number of carboxylic acids is 1. The maximum absolute atomic E-state index is 11.9. The molecule has 3 aromatic rings. The van der Waals surface area contributed by atoms with Crippen LogP contribution in [0, 0.1) is 0 Å². The van der Waals surface area contributed by atoms with Crippen LogP contribution in [0.3, 0.4) is 0 Å². The number of phenolic OH excluding ortho intramolecular Hbond substituents is 8. The predicted octanol–water partition coefficient (Wildman–Crippen LogP) is 2.49. The van der Waals surface area contributed by atoms with E-state index in [0.717, 1.165) is 24.3 Å². The number of carbonyl (C=O) groups is 1. The van der Waals surface area contributed by atoms with Gasteiger partial charge in [0.15, 0.2) is 28.7 Å². The van der Waals surface area contributed by atoms with Gasteiger partial charge >= 0.3 is 5.97 Å². The second-order valence-corrected chi connectivity index (χ2v) is 7.56. The number of fused-ring (bicyclic) bond motifs is 1. The smallest absolute Gasteiger partial charge is 0.336 e. The molecule has 33 heavy (non-hydrogen) atoms. The third-order valence-electron chi connectivity index (χ3n) is 5.53. The van der Waals surface area contributed by atoms with Crippen LogP contribution in [0.1, 0.15) is 39.1 Å². The van der Waals surface area contributed by atoms with Crippen LogP contribution in [-0.2, 0) is 6.42 Å². The molecule has 2 atom stereocenters. The largest absolute Gasteiger partial charge is 0.508 e. The van der Waals surface area contributed by atoms with Gasteiger partial charge in [-0.05, 0) is 24.6 Å². The number of hydrogen-bond acceptors (Lipinski definition) is 10. The van der Waals surface area contributed by atoms with Gasteiger partial charge in [0.25, 0.3) is 0 Å². The SMILES string of the molecule is O=C(O)c1cc(O)c(O)c(O)c1C1Cc2c(O)cc(O)cc2OC1c1cc(O)c(O)c(O)c1. The summed E-state index contributed by atoms with van der Waals surface area (Å²) < 4.78 is 5.88. The quantitative estimate of drug-likeness (QED) is 0.260. The monoisotopic (exact) mass is 458 g/mol. The minimum absolute atomic E-state index is 0.000157. The van der Waals surface area contributed by atoms with Crippen molar-refractivity contribution in [3.8, 4) is 51.7 Å². The van der Waals surface area contributed by atoms with Crippen molar-refractivity contribution in [1.29, 1.82) is 0 Å². The Morgan fingerprint density at radius 2 is 1.36 bits per heavy atom. The first-order valence-electron chi connectivity index (χ1n) is 9.47. The first-order valence-corrected chi connectivity index (χ1v) is 9.47. The number of rotatable bonds is 3. The molecule has 0 fully saturated rings. The molecule has 1 heterocycles. The van der Waals surface area contributed by atoms with Gasteiger partial charge in [0.2, 0.25) is 5.75 Å². The maximum atomic E-state index is 11.9. The highest BCUT2D eigenvalue weighted by molar-refractivity contribution is 5.92. The minimum atomic E-state index is -1.55. The summed E-state index contributed by atoms with van der Waals surface area (Å²) in [5.74, 6) is -8.47. The van der Waals surface area contributed by atoms with Crippen LogP contribution in [0.15, 0.2) is 30.3 Å². The highest BCUT2D eigenvalue weighted by Gasteiger charge is 2.40. The van der Waals surface area contributed by atoms with Gasteiger partial charge in [-0.2, -0.15) is 0 Å². The molecule has 2 unspecified atom stereocenters. The predicted molar refractivity (Wildman–Crippen MR) is 109 cm³/mol. The van der Waals surface area contributed by atoms with Gasteiger partial charge in [-0.25, -0.2) is 4.79 Å². The normalized spacial score (nSPS) is 17.2. The number of aromatic hydroxyl groups is 8. The zero-order chi connectivity index (χ0) is 24.2. The van der Waals surface area contributed by atoms with Crippen molar-refractivity contribution in [2.45, 2.75) is 18.4 Å². The van der Waals surface area contributed by atoms with Crippen molar-refractivity contribution in [2.75, 3.05) is 0 Å². The third-order valence-corrected chi connectivity index (χ3v) is 5.53. The summed E-state index contributed by atoms with van der Waals surface area (Å²) in [5, 5.41) is 89.9. The Morgan fingerprint density at radius 1 is 0.758 bits per heavy atom. The number of ether oxygens (including phenoxy) is 1. The van der Waals surface area contributed by atoms with Crippen LogP contribution in [0.4, 0.5) is 0 Å². The van der Waals surface area contributed by atoms with Crippen LogP contribution in [0.25, 0.3) is 0 Å². The van der Waals surface area contributed by atoms with Gasteiger partial charge in [0, 0.05) is 34.7 Å². The summed E-state index contributed by atoms with van der Waals surface area (Å²) in [6.45, 7) is 0. The lowest BCUT2D eigenvalue weighted by Gasteiger charge is -2.35. The lowest BCUT2D eigenvalue weighted by atomic mass is 9.79. The van der Waals surface area contributed by atoms with Crippen molar-refractivity contribution in [3.63, 3.8) is 0 Å². The molecule has 4 rings (SSSR count). The van der Waals surface area contributed by atoms with E-state index in [-0.39, 0.29) is 40.4 Å². The zero-order valence-electron chi connectivity index (χ0n) is 16.6. The van der Waals surface area contributed by atoms with Gasteiger partial charge in [0.1, 0.15) is 23.4 Å². The van der Waals surface area contributed by atoms with Crippen molar-refractivity contribution in [2.24, 2.45) is 0 Å². The molecule has 1 aliphatic heterocycles. The van der Waals surface area contributed by atoms with Gasteiger partial charge in [-0.3, -0.25) is 0 Å². The Labute approximate surface area is 184 Å². The first kappa shape index (κ1) is 21.6. The van der Waals surface area contributed by atoms with E-state index in [1.54, 1.807) is 0 Å². The van der Waals surface area contributed by atoms with Crippen LogP contribution in [-0.4, -0.2) is 51.9 Å². The second-order valence-electron chi connectivity index (χ2n) is 7.56. The van der Waals surface area contributed by atoms with E-state index in [2.05, 4.69) is 0 Å². The lowest BCUT2D eigenvalue weighted by Crippen LogP contribution is -2.26. The maximum Gasteiger partial charge on any atom is 0.336 e. The van der Waals surface area contributed by atoms with E-state index in [1.165, 1.54) is 6.07 Å². The number of benzene rings is 3. The molecule has 0 saturated heterocycles. The van der Waals surface area contributed by atoms with Crippen LogP contribution >= 0.6 is 0 Å². The number of phenols is 8. The Morgan fingerprint density at radius 3 is 1.97 bits per heavy atom. The van der Waals surface area contributed by atoms with E-state index >= 15 is 0 Å². The summed E-state index contributed by atoms with van der Waals surface area (Å²) in [7, 11) is 0. The van der Waals surface area contributed by atoms with Crippen molar-refractivity contribution >= 4 is 5.97 Å². The average molecular weight is 458 g/mol. The number of carboxylic acid groups (broad SMARTS) is 1. The van der Waals surface area contributed by atoms with Gasteiger partial charge < -0.3 is 50.7 Å².